The Balaban J connectivity index is 2.28. The number of hydrogen-bond acceptors (Lipinski definition) is 2. The van der Waals surface area contributed by atoms with Gasteiger partial charge in [0.15, 0.2) is 6.29 Å². The number of anilines is 2. The van der Waals surface area contributed by atoms with Crippen molar-refractivity contribution in [3.63, 3.8) is 0 Å². The van der Waals surface area contributed by atoms with Crippen LogP contribution in [0.25, 0.3) is 0 Å². The Morgan fingerprint density at radius 3 is 2.27 bits per heavy atom. The monoisotopic (exact) mass is 197 g/mol. The van der Waals surface area contributed by atoms with Crippen molar-refractivity contribution in [2.24, 2.45) is 0 Å². The average molecular weight is 197 g/mol. The van der Waals surface area contributed by atoms with Crippen molar-refractivity contribution in [3.05, 3.63) is 60.2 Å². The lowest BCUT2D eigenvalue weighted by atomic mass is 10.2. The standard InChI is InChI=1S/C13H11NO/c15-10-11-6-4-5-9-13(11)14-12-7-2-1-3-8-12/h1-10,14H. The molecule has 0 radical (unpaired) electrons. The highest BCUT2D eigenvalue weighted by atomic mass is 16.1. The largest absolute Gasteiger partial charge is 0.355 e. The summed E-state index contributed by atoms with van der Waals surface area (Å²) in [5, 5.41) is 3.19. The summed E-state index contributed by atoms with van der Waals surface area (Å²) in [7, 11) is 0. The van der Waals surface area contributed by atoms with Gasteiger partial charge < -0.3 is 5.32 Å². The van der Waals surface area contributed by atoms with Gasteiger partial charge in [0.05, 0.1) is 0 Å². The van der Waals surface area contributed by atoms with Gasteiger partial charge in [0.1, 0.15) is 0 Å². The Bertz CT molecular complexity index is 451. The number of benzene rings is 2. The highest BCUT2D eigenvalue weighted by molar-refractivity contribution is 5.85. The number of para-hydroxylation sites is 2. The molecule has 0 amide bonds. The minimum absolute atomic E-state index is 0.668. The van der Waals surface area contributed by atoms with Crippen LogP contribution in [0.1, 0.15) is 10.4 Å². The molecule has 0 aliphatic rings. The van der Waals surface area contributed by atoms with Crippen LogP contribution in [0.2, 0.25) is 0 Å². The van der Waals surface area contributed by atoms with Crippen LogP contribution < -0.4 is 5.32 Å². The van der Waals surface area contributed by atoms with E-state index in [4.69, 9.17) is 0 Å². The molecule has 0 heterocycles. The summed E-state index contributed by atoms with van der Waals surface area (Å²) in [4.78, 5) is 10.8. The summed E-state index contributed by atoms with van der Waals surface area (Å²) >= 11 is 0. The van der Waals surface area contributed by atoms with E-state index in [-0.39, 0.29) is 0 Å². The minimum atomic E-state index is 0.668. The zero-order valence-electron chi connectivity index (χ0n) is 8.18. The molecule has 1 N–H and O–H groups in total. The molecule has 0 aromatic heterocycles. The Morgan fingerprint density at radius 2 is 1.53 bits per heavy atom. The first-order chi connectivity index (χ1) is 7.40. The Kier molecular flexibility index (Phi) is 2.79. The molecule has 0 atom stereocenters. The van der Waals surface area contributed by atoms with E-state index < -0.39 is 0 Å². The summed E-state index contributed by atoms with van der Waals surface area (Å²) in [5.74, 6) is 0. The van der Waals surface area contributed by atoms with Crippen LogP contribution in [-0.4, -0.2) is 6.29 Å². The smallest absolute Gasteiger partial charge is 0.152 e. The third kappa shape index (κ3) is 2.23. The third-order valence-corrected chi connectivity index (χ3v) is 2.14. The van der Waals surface area contributed by atoms with Gasteiger partial charge in [0.2, 0.25) is 0 Å². The molecule has 0 unspecified atom stereocenters. The van der Waals surface area contributed by atoms with Crippen LogP contribution in [0.4, 0.5) is 11.4 Å². The fourth-order valence-electron chi connectivity index (χ4n) is 1.39. The van der Waals surface area contributed by atoms with Gasteiger partial charge in [-0.2, -0.15) is 0 Å². The summed E-state index contributed by atoms with van der Waals surface area (Å²) < 4.78 is 0. The maximum Gasteiger partial charge on any atom is 0.152 e. The number of rotatable bonds is 3. The normalized spacial score (nSPS) is 9.60. The van der Waals surface area contributed by atoms with Gasteiger partial charge in [0.25, 0.3) is 0 Å². The highest BCUT2D eigenvalue weighted by Crippen LogP contribution is 2.18. The lowest BCUT2D eigenvalue weighted by Gasteiger charge is -2.07. The van der Waals surface area contributed by atoms with E-state index in [0.717, 1.165) is 17.7 Å². The van der Waals surface area contributed by atoms with Crippen molar-refractivity contribution in [2.75, 3.05) is 5.32 Å². The zero-order valence-corrected chi connectivity index (χ0v) is 8.18. The second-order valence-electron chi connectivity index (χ2n) is 3.20. The topological polar surface area (TPSA) is 29.1 Å². The van der Waals surface area contributed by atoms with E-state index in [1.54, 1.807) is 6.07 Å². The third-order valence-electron chi connectivity index (χ3n) is 2.14. The molecule has 0 aliphatic heterocycles. The van der Waals surface area contributed by atoms with Gasteiger partial charge in [-0.25, -0.2) is 0 Å². The number of aldehydes is 1. The van der Waals surface area contributed by atoms with E-state index in [0.29, 0.717) is 5.56 Å². The molecule has 2 nitrogen and oxygen atoms in total. The Labute approximate surface area is 88.6 Å². The molecule has 0 saturated carbocycles. The molecule has 74 valence electrons. The molecular weight excluding hydrogens is 186 g/mol. The van der Waals surface area contributed by atoms with Gasteiger partial charge in [0, 0.05) is 16.9 Å². The van der Waals surface area contributed by atoms with Crippen molar-refractivity contribution in [3.8, 4) is 0 Å². The van der Waals surface area contributed by atoms with Gasteiger partial charge in [-0.3, -0.25) is 4.79 Å². The second kappa shape index (κ2) is 4.42. The molecule has 0 spiro atoms. The van der Waals surface area contributed by atoms with E-state index in [1.165, 1.54) is 0 Å². The van der Waals surface area contributed by atoms with Crippen molar-refractivity contribution >= 4 is 17.7 Å². The maximum absolute atomic E-state index is 10.8. The molecule has 2 heteroatoms. The molecule has 0 aliphatic carbocycles. The molecule has 15 heavy (non-hydrogen) atoms. The molecule has 0 bridgehead atoms. The average Bonchev–Trinajstić information content (AvgIpc) is 2.31. The van der Waals surface area contributed by atoms with Gasteiger partial charge in [-0.1, -0.05) is 30.3 Å². The van der Waals surface area contributed by atoms with Crippen LogP contribution in [0.5, 0.6) is 0 Å². The molecular formula is C13H11NO. The lowest BCUT2D eigenvalue weighted by Crippen LogP contribution is -1.94. The van der Waals surface area contributed by atoms with Crippen LogP contribution in [0.3, 0.4) is 0 Å². The SMILES string of the molecule is O=Cc1ccccc1Nc1ccccc1. The number of carbonyl (C=O) groups is 1. The summed E-state index contributed by atoms with van der Waals surface area (Å²) in [5.41, 5.74) is 2.48. The van der Waals surface area contributed by atoms with Crippen LogP contribution >= 0.6 is 0 Å². The van der Waals surface area contributed by atoms with Crippen LogP contribution in [-0.2, 0) is 0 Å². The van der Waals surface area contributed by atoms with E-state index in [9.17, 15) is 4.79 Å². The minimum Gasteiger partial charge on any atom is -0.355 e. The lowest BCUT2D eigenvalue weighted by molar-refractivity contribution is 0.112. The van der Waals surface area contributed by atoms with E-state index in [1.807, 2.05) is 48.5 Å². The summed E-state index contributed by atoms with van der Waals surface area (Å²) in [6.07, 6.45) is 0.852. The van der Waals surface area contributed by atoms with E-state index in [2.05, 4.69) is 5.32 Å². The summed E-state index contributed by atoms with van der Waals surface area (Å²) in [6.45, 7) is 0. The number of carbonyl (C=O) groups excluding carboxylic acids is 1. The van der Waals surface area contributed by atoms with Gasteiger partial charge >= 0.3 is 0 Å². The highest BCUT2D eigenvalue weighted by Gasteiger charge is 1.99. The van der Waals surface area contributed by atoms with Crippen molar-refractivity contribution in [1.82, 2.24) is 0 Å². The van der Waals surface area contributed by atoms with Crippen molar-refractivity contribution in [1.29, 1.82) is 0 Å². The first-order valence-corrected chi connectivity index (χ1v) is 4.76. The molecule has 0 fully saturated rings. The van der Waals surface area contributed by atoms with Gasteiger partial charge in [-0.15, -0.1) is 0 Å². The Hall–Kier alpha value is -2.09. The van der Waals surface area contributed by atoms with Crippen LogP contribution in [0.15, 0.2) is 54.6 Å². The molecule has 2 rings (SSSR count). The Morgan fingerprint density at radius 1 is 0.867 bits per heavy atom. The molecule has 2 aromatic carbocycles. The van der Waals surface area contributed by atoms with E-state index >= 15 is 0 Å². The quantitative estimate of drug-likeness (QED) is 0.765. The molecule has 0 saturated heterocycles. The first-order valence-electron chi connectivity index (χ1n) is 4.76. The van der Waals surface area contributed by atoms with Crippen molar-refractivity contribution in [2.45, 2.75) is 0 Å². The predicted octanol–water partition coefficient (Wildman–Crippen LogP) is 3.24. The zero-order chi connectivity index (χ0) is 10.5. The maximum atomic E-state index is 10.8. The first kappa shape index (κ1) is 9.46. The van der Waals surface area contributed by atoms with Crippen LogP contribution in [0, 0.1) is 0 Å². The number of hydrogen-bond donors (Lipinski definition) is 1. The predicted molar refractivity (Wildman–Crippen MR) is 61.6 cm³/mol. The van der Waals surface area contributed by atoms with Crippen molar-refractivity contribution < 1.29 is 4.79 Å². The fourth-order valence-corrected chi connectivity index (χ4v) is 1.39. The second-order valence-corrected chi connectivity index (χ2v) is 3.20. The number of nitrogens with one attached hydrogen (secondary N) is 1. The molecule has 2 aromatic rings. The summed E-state index contributed by atoms with van der Waals surface area (Å²) in [6, 6.07) is 17.2. The fraction of sp³-hybridized carbons (Fsp3) is 0. The van der Waals surface area contributed by atoms with Gasteiger partial charge in [-0.05, 0) is 24.3 Å².